The second-order valence-electron chi connectivity index (χ2n) is 18.1. The van der Waals surface area contributed by atoms with Crippen LogP contribution in [0.15, 0.2) is 97.2 Å². The summed E-state index contributed by atoms with van der Waals surface area (Å²) >= 11 is 0. The molecule has 0 heterocycles. The number of hydrogen-bond acceptors (Lipinski definition) is 8. The molecule has 0 aliphatic heterocycles. The molecule has 9 nitrogen and oxygen atoms in total. The molecule has 0 saturated heterocycles. The SMILES string of the molecule is CC/C=C\C/C=C\C/C=C\C/C=C\C/C=C\C/C=C\C/C=C\CCCCCCCCCC(=O)OC(COC(=O)CCCCCCC/C=C\CCCCCC)COP(=O)([O-])OCC[N+](C)(C)C. The summed E-state index contributed by atoms with van der Waals surface area (Å²) < 4.78 is 34.0. The van der Waals surface area contributed by atoms with Crippen molar-refractivity contribution < 1.29 is 42.1 Å². The topological polar surface area (TPSA) is 111 Å². The quantitative estimate of drug-likeness (QED) is 0.0195. The van der Waals surface area contributed by atoms with Gasteiger partial charge in [0.1, 0.15) is 19.8 Å². The fourth-order valence-electron chi connectivity index (χ4n) is 6.57. The van der Waals surface area contributed by atoms with Gasteiger partial charge in [-0.15, -0.1) is 0 Å². The van der Waals surface area contributed by atoms with E-state index in [4.69, 9.17) is 18.5 Å². The second kappa shape index (κ2) is 47.0. The first-order valence-corrected chi connectivity index (χ1v) is 27.4. The van der Waals surface area contributed by atoms with Crippen molar-refractivity contribution in [2.75, 3.05) is 47.5 Å². The number of unbranched alkanes of at least 4 members (excludes halogenated alkanes) is 16. The van der Waals surface area contributed by atoms with Gasteiger partial charge in [-0.3, -0.25) is 14.2 Å². The lowest BCUT2D eigenvalue weighted by Gasteiger charge is -2.28. The summed E-state index contributed by atoms with van der Waals surface area (Å²) in [6.45, 7) is 4.06. The fraction of sp³-hybridized carbons (Fsp3) is 0.679. The first-order chi connectivity index (χ1) is 32.0. The van der Waals surface area contributed by atoms with Crippen molar-refractivity contribution in [3.05, 3.63) is 97.2 Å². The van der Waals surface area contributed by atoms with Crippen LogP contribution in [0.2, 0.25) is 0 Å². The summed E-state index contributed by atoms with van der Waals surface area (Å²) in [5.74, 6) is -0.864. The van der Waals surface area contributed by atoms with Crippen molar-refractivity contribution in [1.82, 2.24) is 0 Å². The van der Waals surface area contributed by atoms with Crippen molar-refractivity contribution in [3.63, 3.8) is 0 Å². The predicted octanol–water partition coefficient (Wildman–Crippen LogP) is 15.1. The number of nitrogens with zero attached hydrogens (tertiary/aromatic N) is 1. The molecule has 10 heteroatoms. The Morgan fingerprint density at radius 1 is 0.485 bits per heavy atom. The highest BCUT2D eigenvalue weighted by molar-refractivity contribution is 7.45. The zero-order valence-electron chi connectivity index (χ0n) is 42.6. The number of esters is 2. The highest BCUT2D eigenvalue weighted by Crippen LogP contribution is 2.38. The normalized spacial score (nSPS) is 14.2. The van der Waals surface area contributed by atoms with Crippen LogP contribution in [0.4, 0.5) is 0 Å². The minimum Gasteiger partial charge on any atom is -0.756 e. The Labute approximate surface area is 404 Å². The molecule has 0 amide bonds. The molecule has 0 aliphatic carbocycles. The van der Waals surface area contributed by atoms with Crippen molar-refractivity contribution >= 4 is 19.8 Å². The molecular weight excluding hydrogens is 846 g/mol. The molecule has 0 rings (SSSR count). The average Bonchev–Trinajstić information content (AvgIpc) is 3.27. The third-order valence-corrected chi connectivity index (χ3v) is 11.6. The fourth-order valence-corrected chi connectivity index (χ4v) is 7.30. The summed E-state index contributed by atoms with van der Waals surface area (Å²) in [5.41, 5.74) is 0. The van der Waals surface area contributed by atoms with Crippen LogP contribution in [0, 0.1) is 0 Å². The second-order valence-corrected chi connectivity index (χ2v) is 19.6. The van der Waals surface area contributed by atoms with Gasteiger partial charge in [0.2, 0.25) is 0 Å². The maximum atomic E-state index is 12.7. The van der Waals surface area contributed by atoms with E-state index in [2.05, 4.69) is 111 Å². The number of quaternary nitrogens is 1. The van der Waals surface area contributed by atoms with E-state index in [0.29, 0.717) is 23.9 Å². The Bertz CT molecular complexity index is 1440. The van der Waals surface area contributed by atoms with E-state index >= 15 is 0 Å². The van der Waals surface area contributed by atoms with E-state index in [0.717, 1.165) is 103 Å². The van der Waals surface area contributed by atoms with E-state index < -0.39 is 32.5 Å². The summed E-state index contributed by atoms with van der Waals surface area (Å²) in [5, 5.41) is 0. The van der Waals surface area contributed by atoms with Gasteiger partial charge in [0.25, 0.3) is 7.82 Å². The first kappa shape index (κ1) is 62.9. The Kier molecular flexibility index (Phi) is 44.8. The molecule has 0 radical (unpaired) electrons. The lowest BCUT2D eigenvalue weighted by molar-refractivity contribution is -0.870. The van der Waals surface area contributed by atoms with Crippen LogP contribution in [0.5, 0.6) is 0 Å². The number of ether oxygens (including phenoxy) is 2. The molecule has 0 aromatic rings. The molecule has 0 aromatic heterocycles. The Balaban J connectivity index is 4.25. The van der Waals surface area contributed by atoms with E-state index in [-0.39, 0.29) is 26.1 Å². The number of allylic oxidation sites excluding steroid dienone is 16. The van der Waals surface area contributed by atoms with Gasteiger partial charge >= 0.3 is 11.9 Å². The minimum atomic E-state index is -4.64. The van der Waals surface area contributed by atoms with Crippen LogP contribution in [0.1, 0.15) is 194 Å². The molecule has 0 aromatic carbocycles. The molecule has 0 spiro atoms. The average molecular weight is 942 g/mol. The zero-order valence-corrected chi connectivity index (χ0v) is 43.5. The van der Waals surface area contributed by atoms with Crippen molar-refractivity contribution in [2.45, 2.75) is 200 Å². The molecule has 0 bridgehead atoms. The van der Waals surface area contributed by atoms with Crippen molar-refractivity contribution in [3.8, 4) is 0 Å². The number of likely N-dealkylation sites (N-methyl/N-ethyl adjacent to an activating group) is 1. The minimum absolute atomic E-state index is 0.0394. The molecule has 66 heavy (non-hydrogen) atoms. The summed E-state index contributed by atoms with van der Waals surface area (Å²) in [7, 11) is 1.14. The van der Waals surface area contributed by atoms with Gasteiger partial charge < -0.3 is 27.9 Å². The third kappa shape index (κ3) is 50.3. The van der Waals surface area contributed by atoms with Crippen LogP contribution >= 0.6 is 7.82 Å². The molecule has 0 aliphatic rings. The largest absolute Gasteiger partial charge is 0.756 e. The van der Waals surface area contributed by atoms with E-state index in [1.54, 1.807) is 0 Å². The lowest BCUT2D eigenvalue weighted by Crippen LogP contribution is -2.37. The smallest absolute Gasteiger partial charge is 0.306 e. The van der Waals surface area contributed by atoms with Gasteiger partial charge in [0, 0.05) is 12.8 Å². The summed E-state index contributed by atoms with van der Waals surface area (Å²) in [6, 6.07) is 0. The molecule has 2 unspecified atom stereocenters. The molecular formula is C56H96NO8P. The summed E-state index contributed by atoms with van der Waals surface area (Å²) in [4.78, 5) is 37.7. The van der Waals surface area contributed by atoms with Gasteiger partial charge in [-0.25, -0.2) is 0 Å². The van der Waals surface area contributed by atoms with Crippen LogP contribution in [-0.2, 0) is 32.7 Å². The van der Waals surface area contributed by atoms with Crippen LogP contribution in [-0.4, -0.2) is 70.0 Å². The van der Waals surface area contributed by atoms with Gasteiger partial charge in [-0.1, -0.05) is 182 Å². The van der Waals surface area contributed by atoms with Crippen LogP contribution in [0.25, 0.3) is 0 Å². The van der Waals surface area contributed by atoms with Crippen molar-refractivity contribution in [2.24, 2.45) is 0 Å². The highest BCUT2D eigenvalue weighted by Gasteiger charge is 2.21. The number of hydrogen-bond donors (Lipinski definition) is 0. The monoisotopic (exact) mass is 942 g/mol. The number of carbonyl (C=O) groups excluding carboxylic acids is 2. The van der Waals surface area contributed by atoms with E-state index in [1.165, 1.54) is 51.4 Å². The zero-order chi connectivity index (χ0) is 48.5. The van der Waals surface area contributed by atoms with Crippen LogP contribution < -0.4 is 4.89 Å². The number of phosphoric acid groups is 1. The predicted molar refractivity (Wildman–Crippen MR) is 277 cm³/mol. The van der Waals surface area contributed by atoms with Crippen LogP contribution in [0.3, 0.4) is 0 Å². The molecule has 378 valence electrons. The molecule has 0 fully saturated rings. The Hall–Kier alpha value is -3.07. The Morgan fingerprint density at radius 3 is 1.30 bits per heavy atom. The van der Waals surface area contributed by atoms with Gasteiger partial charge in [-0.2, -0.15) is 0 Å². The molecule has 0 N–H and O–H groups in total. The van der Waals surface area contributed by atoms with Gasteiger partial charge in [-0.05, 0) is 96.3 Å². The maximum Gasteiger partial charge on any atom is 0.306 e. The maximum absolute atomic E-state index is 12.7. The summed E-state index contributed by atoms with van der Waals surface area (Å²) in [6.07, 6.45) is 63.0. The number of carbonyl (C=O) groups is 2. The van der Waals surface area contributed by atoms with Gasteiger partial charge in [0.05, 0.1) is 27.7 Å². The Morgan fingerprint density at radius 2 is 0.864 bits per heavy atom. The van der Waals surface area contributed by atoms with Gasteiger partial charge in [0.15, 0.2) is 6.10 Å². The number of rotatable bonds is 46. The lowest BCUT2D eigenvalue weighted by atomic mass is 10.1. The molecule has 2 atom stereocenters. The highest BCUT2D eigenvalue weighted by atomic mass is 31.2. The third-order valence-electron chi connectivity index (χ3n) is 10.6. The van der Waals surface area contributed by atoms with Crippen molar-refractivity contribution in [1.29, 1.82) is 0 Å². The van der Waals surface area contributed by atoms with E-state index in [1.807, 2.05) is 21.1 Å². The molecule has 0 saturated carbocycles. The van der Waals surface area contributed by atoms with E-state index in [9.17, 15) is 19.0 Å². The number of phosphoric ester groups is 1. The first-order valence-electron chi connectivity index (χ1n) is 25.9. The standard InChI is InChI=1S/C56H96NO8P/c1-6-8-10-12-14-16-18-20-21-22-23-24-25-26-27-28-29-30-31-32-33-34-35-37-39-41-43-45-47-49-56(59)65-54(53-64-66(60,61)63-51-50-57(3,4)5)52-62-55(58)48-46-44-42-40-38-36-19-17-15-13-11-9-7-2/h8,10,14,16-17,19-21,23-24,26-27,29-30,32-33,54H,6-7,9,11-13,15,18,22,25,28,31,34-53H2,1-5H3/b10-8-,16-14-,19-17-,21-20-,24-23-,27-26-,30-29-,33-32-.